The number of aromatic nitrogens is 1. The highest BCUT2D eigenvalue weighted by Crippen LogP contribution is 2.21. The van der Waals surface area contributed by atoms with Gasteiger partial charge < -0.3 is 10.2 Å². The molecular weight excluding hydrogens is 279 g/mol. The average molecular weight is 303 g/mol. The number of anilines is 1. The molecule has 6 heteroatoms. The van der Waals surface area contributed by atoms with Crippen molar-refractivity contribution in [1.82, 2.24) is 10.3 Å². The van der Waals surface area contributed by atoms with E-state index in [1.807, 2.05) is 19.1 Å². The standard InChI is InChI=1S/C15H24F3N3/c1-11(2)9-19-10-13-7-12(3)20-14(8-13)21(4)6-5-15(16,17)18/h7-8,11,19H,5-6,9-10H2,1-4H3. The predicted molar refractivity (Wildman–Crippen MR) is 79.5 cm³/mol. The second-order valence-electron chi connectivity index (χ2n) is 5.79. The molecular formula is C15H24F3N3. The number of hydrogen-bond acceptors (Lipinski definition) is 3. The highest BCUT2D eigenvalue weighted by molar-refractivity contribution is 5.41. The van der Waals surface area contributed by atoms with Gasteiger partial charge in [0.25, 0.3) is 0 Å². The summed E-state index contributed by atoms with van der Waals surface area (Å²) in [5.41, 5.74) is 1.85. The van der Waals surface area contributed by atoms with Crippen molar-refractivity contribution in [2.24, 2.45) is 5.92 Å². The molecule has 0 radical (unpaired) electrons. The molecule has 120 valence electrons. The summed E-state index contributed by atoms with van der Waals surface area (Å²) in [7, 11) is 1.64. The van der Waals surface area contributed by atoms with Crippen molar-refractivity contribution in [1.29, 1.82) is 0 Å². The fourth-order valence-corrected chi connectivity index (χ4v) is 1.93. The molecule has 1 N–H and O–H groups in total. The fourth-order valence-electron chi connectivity index (χ4n) is 1.93. The van der Waals surface area contributed by atoms with E-state index >= 15 is 0 Å². The summed E-state index contributed by atoms with van der Waals surface area (Å²) in [5.74, 6) is 1.14. The number of hydrogen-bond donors (Lipinski definition) is 1. The van der Waals surface area contributed by atoms with Gasteiger partial charge in [-0.15, -0.1) is 0 Å². The lowest BCUT2D eigenvalue weighted by atomic mass is 10.2. The highest BCUT2D eigenvalue weighted by atomic mass is 19.4. The van der Waals surface area contributed by atoms with Crippen molar-refractivity contribution in [2.45, 2.75) is 39.9 Å². The second-order valence-corrected chi connectivity index (χ2v) is 5.79. The topological polar surface area (TPSA) is 28.2 Å². The molecule has 0 fully saturated rings. The Bertz CT molecular complexity index is 444. The van der Waals surface area contributed by atoms with Gasteiger partial charge in [0.2, 0.25) is 0 Å². The molecule has 1 rings (SSSR count). The molecule has 0 aromatic carbocycles. The summed E-state index contributed by atoms with van der Waals surface area (Å²) >= 11 is 0. The van der Waals surface area contributed by atoms with Crippen molar-refractivity contribution < 1.29 is 13.2 Å². The Morgan fingerprint density at radius 2 is 1.95 bits per heavy atom. The lowest BCUT2D eigenvalue weighted by molar-refractivity contribution is -0.132. The summed E-state index contributed by atoms with van der Waals surface area (Å²) in [5, 5.41) is 3.32. The zero-order valence-electron chi connectivity index (χ0n) is 13.1. The molecule has 21 heavy (non-hydrogen) atoms. The smallest absolute Gasteiger partial charge is 0.359 e. The molecule has 1 aromatic rings. The van der Waals surface area contributed by atoms with Crippen LogP contribution in [0.25, 0.3) is 0 Å². The van der Waals surface area contributed by atoms with Crippen molar-refractivity contribution in [3.8, 4) is 0 Å². The third-order valence-corrected chi connectivity index (χ3v) is 3.00. The summed E-state index contributed by atoms with van der Waals surface area (Å²) in [6, 6.07) is 3.80. The van der Waals surface area contributed by atoms with Gasteiger partial charge in [-0.05, 0) is 37.1 Å². The maximum atomic E-state index is 12.3. The predicted octanol–water partition coefficient (Wildman–Crippen LogP) is 3.52. The van der Waals surface area contributed by atoms with Crippen LogP contribution >= 0.6 is 0 Å². The number of halogens is 3. The molecule has 1 aromatic heterocycles. The molecule has 0 bridgehead atoms. The van der Waals surface area contributed by atoms with E-state index in [9.17, 15) is 13.2 Å². The molecule has 0 saturated carbocycles. The van der Waals surface area contributed by atoms with Gasteiger partial charge in [-0.25, -0.2) is 4.98 Å². The third-order valence-electron chi connectivity index (χ3n) is 3.00. The second kappa shape index (κ2) is 7.64. The van der Waals surface area contributed by atoms with E-state index in [4.69, 9.17) is 0 Å². The minimum Gasteiger partial charge on any atom is -0.359 e. The molecule has 0 spiro atoms. The summed E-state index contributed by atoms with van der Waals surface area (Å²) in [6.45, 7) is 7.62. The first-order valence-corrected chi connectivity index (χ1v) is 7.13. The Morgan fingerprint density at radius 3 is 2.52 bits per heavy atom. The van der Waals surface area contributed by atoms with Crippen molar-refractivity contribution in [3.05, 3.63) is 23.4 Å². The van der Waals surface area contributed by atoms with Crippen molar-refractivity contribution >= 4 is 5.82 Å². The molecule has 0 saturated heterocycles. The van der Waals surface area contributed by atoms with E-state index in [0.717, 1.165) is 17.8 Å². The van der Waals surface area contributed by atoms with Gasteiger partial charge in [0.05, 0.1) is 6.42 Å². The Hall–Kier alpha value is -1.30. The van der Waals surface area contributed by atoms with Crippen LogP contribution in [0.15, 0.2) is 12.1 Å². The quantitative estimate of drug-likeness (QED) is 0.835. The molecule has 3 nitrogen and oxygen atoms in total. The lowest BCUT2D eigenvalue weighted by Gasteiger charge is -2.20. The lowest BCUT2D eigenvalue weighted by Crippen LogP contribution is -2.25. The molecule has 0 atom stereocenters. The van der Waals surface area contributed by atoms with E-state index in [1.165, 1.54) is 0 Å². The Labute approximate surface area is 124 Å². The number of nitrogens with one attached hydrogen (secondary N) is 1. The van der Waals surface area contributed by atoms with Gasteiger partial charge >= 0.3 is 6.18 Å². The van der Waals surface area contributed by atoms with Gasteiger partial charge in [-0.2, -0.15) is 13.2 Å². The van der Waals surface area contributed by atoms with Gasteiger partial charge in [-0.3, -0.25) is 0 Å². The number of rotatable bonds is 7. The van der Waals surface area contributed by atoms with E-state index in [1.54, 1.807) is 11.9 Å². The van der Waals surface area contributed by atoms with Crippen LogP contribution in [0, 0.1) is 12.8 Å². The largest absolute Gasteiger partial charge is 0.390 e. The third kappa shape index (κ3) is 7.32. The van der Waals surface area contributed by atoms with Crippen LogP contribution in [0.3, 0.4) is 0 Å². The van der Waals surface area contributed by atoms with Gasteiger partial charge in [0, 0.05) is 25.8 Å². The molecule has 0 unspecified atom stereocenters. The summed E-state index contributed by atoms with van der Waals surface area (Å²) in [6.07, 6.45) is -4.97. The number of pyridine rings is 1. The van der Waals surface area contributed by atoms with Gasteiger partial charge in [0.1, 0.15) is 5.82 Å². The highest BCUT2D eigenvalue weighted by Gasteiger charge is 2.27. The van der Waals surface area contributed by atoms with E-state index < -0.39 is 12.6 Å². The summed E-state index contributed by atoms with van der Waals surface area (Å²) < 4.78 is 36.8. The zero-order valence-corrected chi connectivity index (χ0v) is 13.1. The van der Waals surface area contributed by atoms with Crippen LogP contribution in [0.2, 0.25) is 0 Å². The van der Waals surface area contributed by atoms with Crippen LogP contribution in [-0.4, -0.2) is 31.3 Å². The fraction of sp³-hybridized carbons (Fsp3) is 0.667. The first kappa shape index (κ1) is 17.8. The minimum absolute atomic E-state index is 0.0845. The maximum absolute atomic E-state index is 12.3. The molecule has 1 heterocycles. The average Bonchev–Trinajstić information content (AvgIpc) is 2.34. The van der Waals surface area contributed by atoms with Crippen LogP contribution < -0.4 is 10.2 Å². The Balaban J connectivity index is 2.67. The molecule has 0 amide bonds. The first-order chi connectivity index (χ1) is 9.67. The van der Waals surface area contributed by atoms with E-state index in [2.05, 4.69) is 24.1 Å². The van der Waals surface area contributed by atoms with Crippen molar-refractivity contribution in [2.75, 3.05) is 25.0 Å². The SMILES string of the molecule is Cc1cc(CNCC(C)C)cc(N(C)CCC(F)(F)F)n1. The van der Waals surface area contributed by atoms with Crippen LogP contribution in [0.5, 0.6) is 0 Å². The number of nitrogens with zero attached hydrogens (tertiary/aromatic N) is 2. The molecule has 0 aliphatic rings. The normalized spacial score (nSPS) is 12.0. The van der Waals surface area contributed by atoms with E-state index in [-0.39, 0.29) is 6.54 Å². The minimum atomic E-state index is -4.14. The molecule has 0 aliphatic heterocycles. The maximum Gasteiger partial charge on any atom is 0.390 e. The zero-order chi connectivity index (χ0) is 16.0. The van der Waals surface area contributed by atoms with Crippen molar-refractivity contribution in [3.63, 3.8) is 0 Å². The number of aryl methyl sites for hydroxylation is 1. The van der Waals surface area contributed by atoms with E-state index in [0.29, 0.717) is 18.3 Å². The van der Waals surface area contributed by atoms with Crippen LogP contribution in [0.1, 0.15) is 31.5 Å². The summed E-state index contributed by atoms with van der Waals surface area (Å²) in [4.78, 5) is 5.86. The Morgan fingerprint density at radius 1 is 1.29 bits per heavy atom. The first-order valence-electron chi connectivity index (χ1n) is 7.13. The molecule has 0 aliphatic carbocycles. The van der Waals surface area contributed by atoms with Crippen LogP contribution in [0.4, 0.5) is 19.0 Å². The van der Waals surface area contributed by atoms with Crippen LogP contribution in [-0.2, 0) is 6.54 Å². The van der Waals surface area contributed by atoms with Gasteiger partial charge in [0.15, 0.2) is 0 Å². The van der Waals surface area contributed by atoms with Gasteiger partial charge in [-0.1, -0.05) is 13.8 Å². The Kier molecular flexibility index (Phi) is 6.45. The monoisotopic (exact) mass is 303 g/mol. The number of alkyl halides is 3.